The minimum Gasteiger partial charge on any atom is -0.369 e. The highest BCUT2D eigenvalue weighted by molar-refractivity contribution is 5.48. The summed E-state index contributed by atoms with van der Waals surface area (Å²) in [6.45, 7) is 5.56. The van der Waals surface area contributed by atoms with Gasteiger partial charge in [0.1, 0.15) is 6.04 Å². The summed E-state index contributed by atoms with van der Waals surface area (Å²) in [5, 5.41) is 8.68. The maximum atomic E-state index is 8.68. The highest BCUT2D eigenvalue weighted by atomic mass is 15.1. The number of hydrogen-bond acceptors (Lipinski definition) is 3. The molecule has 0 saturated carbocycles. The van der Waals surface area contributed by atoms with Gasteiger partial charge in [-0.15, -0.1) is 0 Å². The molecule has 0 radical (unpaired) electrons. The zero-order chi connectivity index (χ0) is 11.3. The Labute approximate surface area is 91.1 Å². The van der Waals surface area contributed by atoms with Crippen LogP contribution < -0.4 is 10.6 Å². The van der Waals surface area contributed by atoms with E-state index in [2.05, 4.69) is 36.9 Å². The number of aryl methyl sites for hydroxylation is 1. The van der Waals surface area contributed by atoms with Gasteiger partial charge in [-0.3, -0.25) is 0 Å². The summed E-state index contributed by atoms with van der Waals surface area (Å²) in [7, 11) is 0. The van der Waals surface area contributed by atoms with Crippen molar-refractivity contribution in [2.24, 2.45) is 5.73 Å². The van der Waals surface area contributed by atoms with Crippen LogP contribution in [0, 0.1) is 18.3 Å². The summed E-state index contributed by atoms with van der Waals surface area (Å²) in [5.74, 6) is 0. The van der Waals surface area contributed by atoms with Crippen LogP contribution in [-0.2, 0) is 0 Å². The van der Waals surface area contributed by atoms with Gasteiger partial charge in [0, 0.05) is 18.8 Å². The number of rotatable bonds is 4. The third-order valence-electron chi connectivity index (χ3n) is 2.33. The Bertz CT molecular complexity index is 354. The van der Waals surface area contributed by atoms with Crippen LogP contribution in [0.2, 0.25) is 0 Å². The molecule has 15 heavy (non-hydrogen) atoms. The SMILES string of the molecule is CCN(CC(N)C#N)c1cccc(C)c1. The molecule has 1 aromatic rings. The fraction of sp³-hybridized carbons (Fsp3) is 0.417. The van der Waals surface area contributed by atoms with Crippen LogP contribution in [0.1, 0.15) is 12.5 Å². The predicted molar refractivity (Wildman–Crippen MR) is 62.7 cm³/mol. The number of nitrogens with zero attached hydrogens (tertiary/aromatic N) is 2. The van der Waals surface area contributed by atoms with Crippen molar-refractivity contribution in [1.29, 1.82) is 5.26 Å². The van der Waals surface area contributed by atoms with Crippen molar-refractivity contribution in [2.45, 2.75) is 19.9 Å². The molecule has 0 amide bonds. The molecular weight excluding hydrogens is 186 g/mol. The second kappa shape index (κ2) is 5.38. The fourth-order valence-electron chi connectivity index (χ4n) is 1.52. The lowest BCUT2D eigenvalue weighted by molar-refractivity contribution is 0.744. The molecule has 0 saturated heterocycles. The maximum Gasteiger partial charge on any atom is 0.110 e. The number of benzene rings is 1. The van der Waals surface area contributed by atoms with Gasteiger partial charge in [-0.1, -0.05) is 12.1 Å². The zero-order valence-electron chi connectivity index (χ0n) is 9.27. The first kappa shape index (κ1) is 11.5. The quantitative estimate of drug-likeness (QED) is 0.810. The van der Waals surface area contributed by atoms with Crippen molar-refractivity contribution < 1.29 is 0 Å². The molecule has 80 valence electrons. The summed E-state index contributed by atoms with van der Waals surface area (Å²) >= 11 is 0. The summed E-state index contributed by atoms with van der Waals surface area (Å²) in [6, 6.07) is 9.85. The van der Waals surface area contributed by atoms with E-state index in [-0.39, 0.29) is 0 Å². The molecule has 0 aliphatic heterocycles. The number of nitriles is 1. The Morgan fingerprint density at radius 1 is 1.53 bits per heavy atom. The first-order chi connectivity index (χ1) is 7.17. The van der Waals surface area contributed by atoms with Gasteiger partial charge in [0.25, 0.3) is 0 Å². The van der Waals surface area contributed by atoms with Crippen LogP contribution in [0.25, 0.3) is 0 Å². The van der Waals surface area contributed by atoms with Crippen LogP contribution >= 0.6 is 0 Å². The molecule has 0 aromatic heterocycles. The highest BCUT2D eigenvalue weighted by Gasteiger charge is 2.08. The van der Waals surface area contributed by atoms with E-state index in [9.17, 15) is 0 Å². The minimum absolute atomic E-state index is 0.425. The molecule has 0 aliphatic rings. The van der Waals surface area contributed by atoms with Gasteiger partial charge >= 0.3 is 0 Å². The lowest BCUT2D eigenvalue weighted by Crippen LogP contribution is -2.36. The van der Waals surface area contributed by atoms with Crippen molar-refractivity contribution in [1.82, 2.24) is 0 Å². The second-order valence-electron chi connectivity index (χ2n) is 3.61. The molecule has 0 spiro atoms. The molecular formula is C12H17N3. The number of hydrogen-bond donors (Lipinski definition) is 1. The third kappa shape index (κ3) is 3.26. The van der Waals surface area contributed by atoms with Gasteiger partial charge in [-0.25, -0.2) is 0 Å². The summed E-state index contributed by atoms with van der Waals surface area (Å²) in [5.41, 5.74) is 7.97. The van der Waals surface area contributed by atoms with Crippen LogP contribution in [0.5, 0.6) is 0 Å². The van der Waals surface area contributed by atoms with Gasteiger partial charge in [-0.2, -0.15) is 5.26 Å². The number of anilines is 1. The third-order valence-corrected chi connectivity index (χ3v) is 2.33. The molecule has 1 aromatic carbocycles. The maximum absolute atomic E-state index is 8.68. The van der Waals surface area contributed by atoms with Crippen molar-refractivity contribution in [3.8, 4) is 6.07 Å². The number of likely N-dealkylation sites (N-methyl/N-ethyl adjacent to an activating group) is 1. The van der Waals surface area contributed by atoms with Gasteiger partial charge in [0.2, 0.25) is 0 Å². The standard InChI is InChI=1S/C12H17N3/c1-3-15(9-11(14)8-13)12-6-4-5-10(2)7-12/h4-7,11H,3,9,14H2,1-2H3. The lowest BCUT2D eigenvalue weighted by Gasteiger charge is -2.24. The Balaban J connectivity index is 2.79. The van der Waals surface area contributed by atoms with Gasteiger partial charge < -0.3 is 10.6 Å². The fourth-order valence-corrected chi connectivity index (χ4v) is 1.52. The molecule has 0 bridgehead atoms. The smallest absolute Gasteiger partial charge is 0.110 e. The van der Waals surface area contributed by atoms with Crippen molar-refractivity contribution >= 4 is 5.69 Å². The first-order valence-electron chi connectivity index (χ1n) is 5.14. The number of nitrogens with two attached hydrogens (primary N) is 1. The topological polar surface area (TPSA) is 53.0 Å². The Hall–Kier alpha value is -1.53. The summed E-state index contributed by atoms with van der Waals surface area (Å²) in [4.78, 5) is 2.11. The van der Waals surface area contributed by atoms with E-state index in [0.717, 1.165) is 12.2 Å². The Morgan fingerprint density at radius 2 is 2.27 bits per heavy atom. The second-order valence-corrected chi connectivity index (χ2v) is 3.61. The van der Waals surface area contributed by atoms with E-state index < -0.39 is 6.04 Å². The van der Waals surface area contributed by atoms with Crippen LogP contribution in [-0.4, -0.2) is 19.1 Å². The van der Waals surface area contributed by atoms with Gasteiger partial charge in [-0.05, 0) is 31.5 Å². The van der Waals surface area contributed by atoms with E-state index in [1.807, 2.05) is 12.1 Å². The van der Waals surface area contributed by atoms with Crippen molar-refractivity contribution in [3.63, 3.8) is 0 Å². The van der Waals surface area contributed by atoms with Crippen molar-refractivity contribution in [3.05, 3.63) is 29.8 Å². The highest BCUT2D eigenvalue weighted by Crippen LogP contribution is 2.15. The van der Waals surface area contributed by atoms with E-state index in [1.165, 1.54) is 5.56 Å². The van der Waals surface area contributed by atoms with E-state index >= 15 is 0 Å². The van der Waals surface area contributed by atoms with E-state index in [1.54, 1.807) is 0 Å². The first-order valence-corrected chi connectivity index (χ1v) is 5.14. The van der Waals surface area contributed by atoms with Crippen LogP contribution in [0.15, 0.2) is 24.3 Å². The molecule has 1 unspecified atom stereocenters. The monoisotopic (exact) mass is 203 g/mol. The summed E-state index contributed by atoms with van der Waals surface area (Å²) < 4.78 is 0. The largest absolute Gasteiger partial charge is 0.369 e. The molecule has 0 heterocycles. The van der Waals surface area contributed by atoms with Gasteiger partial charge in [0.15, 0.2) is 0 Å². The minimum atomic E-state index is -0.425. The average Bonchev–Trinajstić information content (AvgIpc) is 2.25. The summed E-state index contributed by atoms with van der Waals surface area (Å²) in [6.07, 6.45) is 0. The Kier molecular flexibility index (Phi) is 4.14. The lowest BCUT2D eigenvalue weighted by atomic mass is 10.2. The Morgan fingerprint density at radius 3 is 2.80 bits per heavy atom. The van der Waals surface area contributed by atoms with E-state index in [4.69, 9.17) is 11.0 Å². The van der Waals surface area contributed by atoms with Crippen LogP contribution in [0.4, 0.5) is 5.69 Å². The molecule has 0 fully saturated rings. The van der Waals surface area contributed by atoms with Crippen LogP contribution in [0.3, 0.4) is 0 Å². The molecule has 0 aliphatic carbocycles. The molecule has 1 atom stereocenters. The molecule has 2 N–H and O–H groups in total. The molecule has 3 nitrogen and oxygen atoms in total. The predicted octanol–water partition coefficient (Wildman–Crippen LogP) is 1.67. The molecule has 1 rings (SSSR count). The molecule has 3 heteroatoms. The zero-order valence-corrected chi connectivity index (χ0v) is 9.27. The van der Waals surface area contributed by atoms with Gasteiger partial charge in [0.05, 0.1) is 6.07 Å². The average molecular weight is 203 g/mol. The normalized spacial score (nSPS) is 11.9. The van der Waals surface area contributed by atoms with Crippen molar-refractivity contribution in [2.75, 3.05) is 18.0 Å². The van der Waals surface area contributed by atoms with E-state index in [0.29, 0.717) is 6.54 Å².